The monoisotopic (exact) mass is 346 g/mol. The van der Waals surface area contributed by atoms with Gasteiger partial charge in [-0.15, -0.1) is 0 Å². The summed E-state index contributed by atoms with van der Waals surface area (Å²) in [4.78, 5) is 12.3. The Hall–Kier alpha value is -3.14. The molecule has 1 N–H and O–H groups in total. The third-order valence-electron chi connectivity index (χ3n) is 4.73. The third kappa shape index (κ3) is 3.06. The van der Waals surface area contributed by atoms with E-state index in [-0.39, 0.29) is 11.7 Å². The highest BCUT2D eigenvalue weighted by molar-refractivity contribution is 6.08. The van der Waals surface area contributed by atoms with Crippen LogP contribution in [0.25, 0.3) is 21.8 Å². The first-order valence-electron chi connectivity index (χ1n) is 8.59. The fourth-order valence-corrected chi connectivity index (χ4v) is 3.38. The van der Waals surface area contributed by atoms with E-state index in [1.807, 2.05) is 60.1 Å². The Balaban J connectivity index is 1.56. The fraction of sp³-hybridized carbons (Fsp3) is 0.136. The number of nitrogens with one attached hydrogen (secondary N) is 1. The van der Waals surface area contributed by atoms with Crippen LogP contribution in [0.1, 0.15) is 11.1 Å². The number of hydrogen-bond donors (Lipinski definition) is 1. The van der Waals surface area contributed by atoms with Crippen LogP contribution in [-0.4, -0.2) is 10.5 Å². The van der Waals surface area contributed by atoms with E-state index in [0.717, 1.165) is 32.9 Å². The van der Waals surface area contributed by atoms with Crippen molar-refractivity contribution in [2.24, 2.45) is 7.05 Å². The average molecular weight is 346 g/mol. The van der Waals surface area contributed by atoms with Crippen LogP contribution in [0.3, 0.4) is 0 Å². The Morgan fingerprint density at radius 1 is 0.923 bits per heavy atom. The molecule has 3 aromatic carbocycles. The lowest BCUT2D eigenvalue weighted by atomic mass is 10.1. The molecule has 3 nitrogen and oxygen atoms in total. The molecule has 0 aliphatic heterocycles. The van der Waals surface area contributed by atoms with Crippen molar-refractivity contribution >= 4 is 27.7 Å². The number of nitrogens with zero attached hydrogens (tertiary/aromatic N) is 1. The summed E-state index contributed by atoms with van der Waals surface area (Å²) in [6.45, 7) is 0.523. The van der Waals surface area contributed by atoms with Gasteiger partial charge in [-0.2, -0.15) is 0 Å². The van der Waals surface area contributed by atoms with Gasteiger partial charge < -0.3 is 9.88 Å². The van der Waals surface area contributed by atoms with E-state index in [9.17, 15) is 9.18 Å². The number of rotatable bonds is 4. The molecule has 0 aliphatic rings. The van der Waals surface area contributed by atoms with Gasteiger partial charge in [0.2, 0.25) is 5.91 Å². The van der Waals surface area contributed by atoms with Crippen LogP contribution < -0.4 is 5.32 Å². The molecule has 0 saturated carbocycles. The molecule has 4 rings (SSSR count). The number of carbonyl (C=O) groups is 1. The van der Waals surface area contributed by atoms with Crippen LogP contribution in [0.2, 0.25) is 0 Å². The van der Waals surface area contributed by atoms with Crippen LogP contribution in [0.5, 0.6) is 0 Å². The first-order valence-corrected chi connectivity index (χ1v) is 8.59. The topological polar surface area (TPSA) is 34.0 Å². The molecule has 0 spiro atoms. The van der Waals surface area contributed by atoms with Gasteiger partial charge in [-0.3, -0.25) is 4.79 Å². The van der Waals surface area contributed by atoms with Crippen molar-refractivity contribution < 1.29 is 9.18 Å². The van der Waals surface area contributed by atoms with E-state index in [1.165, 1.54) is 6.07 Å². The minimum absolute atomic E-state index is 0.0157. The van der Waals surface area contributed by atoms with Crippen LogP contribution >= 0.6 is 0 Å². The Labute approximate surface area is 151 Å². The fourth-order valence-electron chi connectivity index (χ4n) is 3.38. The maximum absolute atomic E-state index is 13.6. The van der Waals surface area contributed by atoms with Crippen molar-refractivity contribution in [1.82, 2.24) is 9.88 Å². The van der Waals surface area contributed by atoms with Gasteiger partial charge in [-0.25, -0.2) is 4.39 Å². The predicted molar refractivity (Wildman–Crippen MR) is 102 cm³/mol. The first-order chi connectivity index (χ1) is 12.6. The highest BCUT2D eigenvalue weighted by Gasteiger charge is 2.11. The minimum Gasteiger partial charge on any atom is -0.352 e. The highest BCUT2D eigenvalue weighted by atomic mass is 19.1. The van der Waals surface area contributed by atoms with Crippen molar-refractivity contribution in [2.75, 3.05) is 0 Å². The van der Waals surface area contributed by atoms with Crippen LogP contribution in [0.4, 0.5) is 4.39 Å². The summed E-state index contributed by atoms with van der Waals surface area (Å²) < 4.78 is 15.5. The normalized spacial score (nSPS) is 11.2. The van der Waals surface area contributed by atoms with Gasteiger partial charge in [-0.05, 0) is 35.4 Å². The second-order valence-electron chi connectivity index (χ2n) is 6.51. The van der Waals surface area contributed by atoms with Crippen molar-refractivity contribution in [1.29, 1.82) is 0 Å². The van der Waals surface area contributed by atoms with E-state index < -0.39 is 0 Å². The Kier molecular flexibility index (Phi) is 4.17. The summed E-state index contributed by atoms with van der Waals surface area (Å²) in [6.07, 6.45) is 0.318. The number of halogens is 1. The molecule has 26 heavy (non-hydrogen) atoms. The van der Waals surface area contributed by atoms with Crippen molar-refractivity contribution in [3.05, 3.63) is 83.7 Å². The highest BCUT2D eigenvalue weighted by Crippen LogP contribution is 2.29. The van der Waals surface area contributed by atoms with Gasteiger partial charge in [0, 0.05) is 29.9 Å². The van der Waals surface area contributed by atoms with Gasteiger partial charge in [0.1, 0.15) is 5.82 Å². The molecule has 0 bridgehead atoms. The van der Waals surface area contributed by atoms with Gasteiger partial charge in [-0.1, -0.05) is 42.5 Å². The Morgan fingerprint density at radius 3 is 2.38 bits per heavy atom. The Bertz CT molecular complexity index is 1100. The van der Waals surface area contributed by atoms with E-state index in [0.29, 0.717) is 13.0 Å². The van der Waals surface area contributed by atoms with Crippen molar-refractivity contribution in [2.45, 2.75) is 13.0 Å². The zero-order valence-corrected chi connectivity index (χ0v) is 14.5. The van der Waals surface area contributed by atoms with Gasteiger partial charge in [0.25, 0.3) is 0 Å². The van der Waals surface area contributed by atoms with E-state index in [4.69, 9.17) is 0 Å². The summed E-state index contributed by atoms with van der Waals surface area (Å²) in [7, 11) is 1.92. The molecule has 0 unspecified atom stereocenters. The number of fused-ring (bicyclic) bond motifs is 3. The lowest BCUT2D eigenvalue weighted by Crippen LogP contribution is -2.24. The molecule has 0 atom stereocenters. The molecular formula is C22H19FN2O. The molecule has 4 aromatic rings. The van der Waals surface area contributed by atoms with Crippen molar-refractivity contribution in [3.63, 3.8) is 0 Å². The number of aryl methyl sites for hydroxylation is 1. The number of carbonyl (C=O) groups excluding carboxylic acids is 1. The quantitative estimate of drug-likeness (QED) is 0.586. The smallest absolute Gasteiger partial charge is 0.224 e. The molecule has 0 radical (unpaired) electrons. The van der Waals surface area contributed by atoms with Gasteiger partial charge in [0.15, 0.2) is 0 Å². The molecule has 0 saturated heterocycles. The predicted octanol–water partition coefficient (Wildman–Crippen LogP) is 4.33. The lowest BCUT2D eigenvalue weighted by Gasteiger charge is -2.06. The second-order valence-corrected chi connectivity index (χ2v) is 6.51. The molecule has 130 valence electrons. The van der Waals surface area contributed by atoms with E-state index in [1.54, 1.807) is 12.1 Å². The largest absolute Gasteiger partial charge is 0.352 e. The molecule has 0 aliphatic carbocycles. The van der Waals surface area contributed by atoms with Gasteiger partial charge >= 0.3 is 0 Å². The second kappa shape index (κ2) is 6.64. The lowest BCUT2D eigenvalue weighted by molar-refractivity contribution is -0.120. The number of hydrogen-bond acceptors (Lipinski definition) is 1. The minimum atomic E-state index is -0.246. The summed E-state index contributed by atoms with van der Waals surface area (Å²) >= 11 is 0. The zero-order chi connectivity index (χ0) is 18.1. The SMILES string of the molecule is Cn1c2cc(F)ccc2c2ccc(CC(=O)NCc3ccccc3)cc21. The van der Waals surface area contributed by atoms with Crippen molar-refractivity contribution in [3.8, 4) is 0 Å². The maximum atomic E-state index is 13.6. The van der Waals surface area contributed by atoms with E-state index >= 15 is 0 Å². The van der Waals surface area contributed by atoms with E-state index in [2.05, 4.69) is 5.32 Å². The summed E-state index contributed by atoms with van der Waals surface area (Å²) in [6, 6.07) is 20.7. The molecule has 0 fully saturated rings. The summed E-state index contributed by atoms with van der Waals surface area (Å²) in [5, 5.41) is 5.03. The average Bonchev–Trinajstić information content (AvgIpc) is 2.92. The number of aromatic nitrogens is 1. The standard InChI is InChI=1S/C22H19FN2O/c1-25-20-11-16(12-22(26)24-14-15-5-3-2-4-6-15)7-9-18(20)19-10-8-17(23)13-21(19)25/h2-11,13H,12,14H2,1H3,(H,24,26). The summed E-state index contributed by atoms with van der Waals surface area (Å²) in [5.74, 6) is -0.262. The molecule has 4 heteroatoms. The molecular weight excluding hydrogens is 327 g/mol. The third-order valence-corrected chi connectivity index (χ3v) is 4.73. The molecule has 1 heterocycles. The maximum Gasteiger partial charge on any atom is 0.224 e. The Morgan fingerprint density at radius 2 is 1.62 bits per heavy atom. The van der Waals surface area contributed by atoms with Crippen LogP contribution in [0, 0.1) is 5.82 Å². The summed E-state index contributed by atoms with van der Waals surface area (Å²) in [5.41, 5.74) is 3.87. The number of amides is 1. The van der Waals surface area contributed by atoms with Gasteiger partial charge in [0.05, 0.1) is 11.9 Å². The molecule has 1 amide bonds. The zero-order valence-electron chi connectivity index (χ0n) is 14.5. The first kappa shape index (κ1) is 16.3. The van der Waals surface area contributed by atoms with Crippen LogP contribution in [-0.2, 0) is 24.8 Å². The number of benzene rings is 3. The van der Waals surface area contributed by atoms with Crippen LogP contribution in [0.15, 0.2) is 66.7 Å². The molecule has 1 aromatic heterocycles.